The number of amides is 2. The monoisotopic (exact) mass is 408 g/mol. The Labute approximate surface area is 175 Å². The van der Waals surface area contributed by atoms with Gasteiger partial charge in [-0.05, 0) is 51.1 Å². The highest BCUT2D eigenvalue weighted by molar-refractivity contribution is 6.06. The van der Waals surface area contributed by atoms with E-state index in [4.69, 9.17) is 13.9 Å². The van der Waals surface area contributed by atoms with Crippen molar-refractivity contribution in [3.05, 3.63) is 71.2 Å². The van der Waals surface area contributed by atoms with Crippen LogP contribution in [0.4, 0.5) is 11.4 Å². The minimum atomic E-state index is -0.332. The van der Waals surface area contributed by atoms with Gasteiger partial charge in [0.05, 0.1) is 12.7 Å². The van der Waals surface area contributed by atoms with Crippen LogP contribution in [-0.2, 0) is 4.79 Å². The van der Waals surface area contributed by atoms with Gasteiger partial charge in [-0.2, -0.15) is 0 Å². The Hall–Kier alpha value is -3.74. The van der Waals surface area contributed by atoms with Crippen molar-refractivity contribution in [3.8, 4) is 11.5 Å². The summed E-state index contributed by atoms with van der Waals surface area (Å²) in [7, 11) is 1.54. The van der Waals surface area contributed by atoms with E-state index in [0.717, 1.165) is 5.56 Å². The normalized spacial score (nSPS) is 10.4. The van der Waals surface area contributed by atoms with Crippen LogP contribution in [0.1, 0.15) is 27.4 Å². The first-order valence-corrected chi connectivity index (χ1v) is 9.42. The van der Waals surface area contributed by atoms with Crippen LogP contribution in [0.25, 0.3) is 0 Å². The maximum Gasteiger partial charge on any atom is 0.262 e. The maximum absolute atomic E-state index is 12.6. The fourth-order valence-electron chi connectivity index (χ4n) is 3.07. The molecular weight excluding hydrogens is 384 g/mol. The number of methoxy groups -OCH3 is 1. The molecule has 1 heterocycles. The zero-order valence-corrected chi connectivity index (χ0v) is 17.4. The van der Waals surface area contributed by atoms with Crippen molar-refractivity contribution in [2.24, 2.45) is 0 Å². The lowest BCUT2D eigenvalue weighted by Crippen LogP contribution is -2.20. The summed E-state index contributed by atoms with van der Waals surface area (Å²) in [5.74, 6) is 1.73. The lowest BCUT2D eigenvalue weighted by atomic mass is 10.1. The predicted molar refractivity (Wildman–Crippen MR) is 114 cm³/mol. The minimum Gasteiger partial charge on any atom is -0.493 e. The third kappa shape index (κ3) is 4.81. The number of carbonyl (C=O) groups excluding carboxylic acids is 2. The highest BCUT2D eigenvalue weighted by atomic mass is 16.5. The van der Waals surface area contributed by atoms with Crippen LogP contribution in [0.3, 0.4) is 0 Å². The highest BCUT2D eigenvalue weighted by Crippen LogP contribution is 2.26. The molecule has 0 saturated heterocycles. The van der Waals surface area contributed by atoms with Crippen LogP contribution in [0.2, 0.25) is 0 Å². The molecule has 0 radical (unpaired) electrons. The lowest BCUT2D eigenvalue weighted by Gasteiger charge is -2.11. The standard InChI is InChI=1S/C23H24N2O5/c1-14-15(2)30-16(3)22(14)23(27)25-18-9-7-8-17(12-18)24-21(26)13-29-20-11-6-5-10-19(20)28-4/h5-12H,13H2,1-4H3,(H,24,26)(H,25,27). The summed E-state index contributed by atoms with van der Waals surface area (Å²) in [6.07, 6.45) is 0. The lowest BCUT2D eigenvalue weighted by molar-refractivity contribution is -0.118. The first kappa shape index (κ1) is 21.0. The molecule has 0 spiro atoms. The van der Waals surface area contributed by atoms with E-state index >= 15 is 0 Å². The Morgan fingerprint density at radius 2 is 1.57 bits per heavy atom. The van der Waals surface area contributed by atoms with Crippen LogP contribution >= 0.6 is 0 Å². The molecule has 0 saturated carbocycles. The van der Waals surface area contributed by atoms with E-state index in [0.29, 0.717) is 40.0 Å². The summed E-state index contributed by atoms with van der Waals surface area (Å²) < 4.78 is 16.2. The number of rotatable bonds is 7. The number of carbonyl (C=O) groups is 2. The summed E-state index contributed by atoms with van der Waals surface area (Å²) >= 11 is 0. The van der Waals surface area contributed by atoms with Crippen LogP contribution in [-0.4, -0.2) is 25.5 Å². The van der Waals surface area contributed by atoms with E-state index < -0.39 is 0 Å². The Morgan fingerprint density at radius 3 is 2.20 bits per heavy atom. The van der Waals surface area contributed by atoms with E-state index in [9.17, 15) is 9.59 Å². The van der Waals surface area contributed by atoms with Gasteiger partial charge in [0.2, 0.25) is 0 Å². The van der Waals surface area contributed by atoms with Crippen LogP contribution in [0, 0.1) is 20.8 Å². The van der Waals surface area contributed by atoms with Gasteiger partial charge in [-0.25, -0.2) is 0 Å². The van der Waals surface area contributed by atoms with Gasteiger partial charge in [0, 0.05) is 16.9 Å². The fraction of sp³-hybridized carbons (Fsp3) is 0.217. The quantitative estimate of drug-likeness (QED) is 0.601. The summed E-state index contributed by atoms with van der Waals surface area (Å²) in [6, 6.07) is 14.0. The average molecular weight is 408 g/mol. The maximum atomic E-state index is 12.6. The van der Waals surface area contributed by atoms with Gasteiger partial charge >= 0.3 is 0 Å². The van der Waals surface area contributed by atoms with Gasteiger partial charge in [-0.15, -0.1) is 0 Å². The first-order valence-electron chi connectivity index (χ1n) is 9.42. The number of furan rings is 1. The van der Waals surface area contributed by atoms with Gasteiger partial charge in [0.25, 0.3) is 11.8 Å². The third-order valence-electron chi connectivity index (χ3n) is 4.62. The van der Waals surface area contributed by atoms with Crippen molar-refractivity contribution >= 4 is 23.2 Å². The average Bonchev–Trinajstić information content (AvgIpc) is 2.98. The molecule has 7 nitrogen and oxygen atoms in total. The first-order chi connectivity index (χ1) is 14.4. The summed E-state index contributed by atoms with van der Waals surface area (Å²) in [6.45, 7) is 5.25. The largest absolute Gasteiger partial charge is 0.493 e. The molecule has 2 amide bonds. The van der Waals surface area contributed by atoms with Crippen molar-refractivity contribution in [1.82, 2.24) is 0 Å². The molecule has 3 aromatic rings. The molecule has 7 heteroatoms. The summed E-state index contributed by atoms with van der Waals surface area (Å²) in [5.41, 5.74) is 2.43. The molecule has 0 fully saturated rings. The molecule has 0 aliphatic rings. The van der Waals surface area contributed by atoms with Crippen molar-refractivity contribution in [1.29, 1.82) is 0 Å². The van der Waals surface area contributed by atoms with Crippen molar-refractivity contribution < 1.29 is 23.5 Å². The van der Waals surface area contributed by atoms with Crippen molar-refractivity contribution in [2.45, 2.75) is 20.8 Å². The minimum absolute atomic E-state index is 0.177. The van der Waals surface area contributed by atoms with E-state index in [1.54, 1.807) is 49.4 Å². The van der Waals surface area contributed by atoms with Crippen molar-refractivity contribution in [2.75, 3.05) is 24.4 Å². The van der Waals surface area contributed by atoms with Gasteiger partial charge in [-0.3, -0.25) is 9.59 Å². The molecule has 0 aliphatic heterocycles. The van der Waals surface area contributed by atoms with Gasteiger partial charge in [-0.1, -0.05) is 18.2 Å². The second-order valence-electron chi connectivity index (χ2n) is 6.74. The molecule has 2 aromatic carbocycles. The number of nitrogens with one attached hydrogen (secondary N) is 2. The Bertz CT molecular complexity index is 1070. The number of benzene rings is 2. The van der Waals surface area contributed by atoms with E-state index in [1.807, 2.05) is 19.9 Å². The van der Waals surface area contributed by atoms with E-state index in [-0.39, 0.29) is 18.4 Å². The molecule has 0 bridgehead atoms. The van der Waals surface area contributed by atoms with Crippen LogP contribution in [0.15, 0.2) is 52.9 Å². The molecule has 0 unspecified atom stereocenters. The predicted octanol–water partition coefficient (Wildman–Crippen LogP) is 4.48. The molecule has 156 valence electrons. The molecule has 0 aliphatic carbocycles. The number of hydrogen-bond donors (Lipinski definition) is 2. The highest BCUT2D eigenvalue weighted by Gasteiger charge is 2.18. The van der Waals surface area contributed by atoms with E-state index in [2.05, 4.69) is 10.6 Å². The fourth-order valence-corrected chi connectivity index (χ4v) is 3.07. The molecule has 1 aromatic heterocycles. The summed E-state index contributed by atoms with van der Waals surface area (Å²) in [5, 5.41) is 5.60. The Balaban J connectivity index is 1.62. The number of aryl methyl sites for hydroxylation is 2. The number of hydrogen-bond acceptors (Lipinski definition) is 5. The third-order valence-corrected chi connectivity index (χ3v) is 4.62. The SMILES string of the molecule is COc1ccccc1OCC(=O)Nc1cccc(NC(=O)c2c(C)oc(C)c2C)c1. The van der Waals surface area contributed by atoms with Crippen molar-refractivity contribution in [3.63, 3.8) is 0 Å². The molecule has 3 rings (SSSR count). The van der Waals surface area contributed by atoms with Crippen LogP contribution in [0.5, 0.6) is 11.5 Å². The molecule has 2 N–H and O–H groups in total. The molecular formula is C23H24N2O5. The molecule has 30 heavy (non-hydrogen) atoms. The summed E-state index contributed by atoms with van der Waals surface area (Å²) in [4.78, 5) is 24.9. The molecule has 0 atom stereocenters. The van der Waals surface area contributed by atoms with Gasteiger partial charge in [0.1, 0.15) is 11.5 Å². The number of anilines is 2. The zero-order chi connectivity index (χ0) is 21.7. The van der Waals surface area contributed by atoms with Crippen LogP contribution < -0.4 is 20.1 Å². The Kier molecular flexibility index (Phi) is 6.41. The number of para-hydroxylation sites is 2. The zero-order valence-electron chi connectivity index (χ0n) is 17.4. The Morgan fingerprint density at radius 1 is 0.900 bits per heavy atom. The number of ether oxygens (including phenoxy) is 2. The topological polar surface area (TPSA) is 89.8 Å². The van der Waals surface area contributed by atoms with Gasteiger partial charge in [0.15, 0.2) is 18.1 Å². The van der Waals surface area contributed by atoms with Gasteiger partial charge < -0.3 is 24.5 Å². The smallest absolute Gasteiger partial charge is 0.262 e. The van der Waals surface area contributed by atoms with E-state index in [1.165, 1.54) is 7.11 Å². The second-order valence-corrected chi connectivity index (χ2v) is 6.74. The second kappa shape index (κ2) is 9.17.